The lowest BCUT2D eigenvalue weighted by molar-refractivity contribution is -0.155. The summed E-state index contributed by atoms with van der Waals surface area (Å²) in [5.41, 5.74) is -0.841. The highest BCUT2D eigenvalue weighted by Gasteiger charge is 2.74. The molecule has 1 aliphatic heterocycles. The fourth-order valence-corrected chi connectivity index (χ4v) is 3.78. The Hall–Kier alpha value is -0.570. The number of ether oxygens (including phenoxy) is 2. The van der Waals surface area contributed by atoms with E-state index in [0.717, 1.165) is 32.1 Å². The van der Waals surface area contributed by atoms with Crippen molar-refractivity contribution >= 4 is 5.97 Å². The van der Waals surface area contributed by atoms with E-state index in [1.165, 1.54) is 12.8 Å². The average Bonchev–Trinajstić information content (AvgIpc) is 2.97. The van der Waals surface area contributed by atoms with Crippen molar-refractivity contribution in [2.45, 2.75) is 89.9 Å². The van der Waals surface area contributed by atoms with E-state index in [1.807, 2.05) is 13.8 Å². The minimum atomic E-state index is -0.635. The lowest BCUT2D eigenvalue weighted by Gasteiger charge is -2.27. The normalized spacial score (nSPS) is 39.1. The summed E-state index contributed by atoms with van der Waals surface area (Å²) >= 11 is 0. The fraction of sp³-hybridized carbons (Fsp3) is 0.938. The maximum atomic E-state index is 12.5. The molecule has 2 aliphatic rings. The van der Waals surface area contributed by atoms with Gasteiger partial charge in [0.05, 0.1) is 6.10 Å². The van der Waals surface area contributed by atoms with Crippen molar-refractivity contribution in [3.05, 3.63) is 0 Å². The Morgan fingerprint density at radius 2 is 2.21 bits per heavy atom. The van der Waals surface area contributed by atoms with Crippen molar-refractivity contribution < 1.29 is 14.3 Å². The molecule has 0 radical (unpaired) electrons. The number of carbonyl (C=O) groups excluding carboxylic acids is 1. The molecule has 19 heavy (non-hydrogen) atoms. The maximum Gasteiger partial charge on any atom is 0.341 e. The van der Waals surface area contributed by atoms with E-state index in [9.17, 15) is 4.79 Å². The van der Waals surface area contributed by atoms with Crippen LogP contribution >= 0.6 is 0 Å². The van der Waals surface area contributed by atoms with Gasteiger partial charge in [0.2, 0.25) is 0 Å². The van der Waals surface area contributed by atoms with Crippen molar-refractivity contribution in [1.29, 1.82) is 0 Å². The molecule has 0 bridgehead atoms. The van der Waals surface area contributed by atoms with Gasteiger partial charge in [-0.1, -0.05) is 40.0 Å². The summed E-state index contributed by atoms with van der Waals surface area (Å²) in [6.45, 7) is 8.38. The molecule has 1 heterocycles. The molecular formula is C16H28O3. The van der Waals surface area contributed by atoms with Gasteiger partial charge in [-0.3, -0.25) is 0 Å². The second-order valence-corrected chi connectivity index (χ2v) is 6.48. The van der Waals surface area contributed by atoms with E-state index in [4.69, 9.17) is 9.47 Å². The Kier molecular flexibility index (Phi) is 4.24. The lowest BCUT2D eigenvalue weighted by Crippen LogP contribution is -2.39. The van der Waals surface area contributed by atoms with E-state index in [2.05, 4.69) is 13.8 Å². The molecule has 0 aromatic heterocycles. The molecule has 2 rings (SSSR count). The monoisotopic (exact) mass is 268 g/mol. The number of carbonyl (C=O) groups is 1. The van der Waals surface area contributed by atoms with E-state index in [1.54, 1.807) is 0 Å². The highest BCUT2D eigenvalue weighted by molar-refractivity contribution is 5.85. The summed E-state index contributed by atoms with van der Waals surface area (Å²) in [4.78, 5) is 12.5. The van der Waals surface area contributed by atoms with Crippen molar-refractivity contribution in [2.24, 2.45) is 5.92 Å². The zero-order chi connectivity index (χ0) is 14.1. The predicted octanol–water partition coefficient (Wildman–Crippen LogP) is 3.85. The molecule has 0 aromatic rings. The highest BCUT2D eigenvalue weighted by Crippen LogP contribution is 2.60. The number of hydrogen-bond acceptors (Lipinski definition) is 3. The molecule has 4 unspecified atom stereocenters. The van der Waals surface area contributed by atoms with Crippen molar-refractivity contribution in [3.8, 4) is 0 Å². The number of hydrogen-bond donors (Lipinski definition) is 0. The molecule has 0 N–H and O–H groups in total. The third kappa shape index (κ3) is 2.54. The van der Waals surface area contributed by atoms with Gasteiger partial charge in [-0.2, -0.15) is 0 Å². The van der Waals surface area contributed by atoms with Gasteiger partial charge < -0.3 is 9.47 Å². The molecule has 1 saturated heterocycles. The second-order valence-electron chi connectivity index (χ2n) is 6.48. The first-order valence-electron chi connectivity index (χ1n) is 7.91. The van der Waals surface area contributed by atoms with Gasteiger partial charge in [0.25, 0.3) is 0 Å². The minimum absolute atomic E-state index is 0.00295. The topological polar surface area (TPSA) is 38.8 Å². The standard InChI is InChI=1S/C16H28O3/c1-5-8-13(4)18-14(17)16(6-2)15(19-16)10-7-9-12(3)11-15/h12-13H,5-11H2,1-4H3. The van der Waals surface area contributed by atoms with Gasteiger partial charge in [-0.15, -0.1) is 0 Å². The number of esters is 1. The van der Waals surface area contributed by atoms with Crippen LogP contribution in [0.4, 0.5) is 0 Å². The van der Waals surface area contributed by atoms with Gasteiger partial charge in [0.1, 0.15) is 5.60 Å². The van der Waals surface area contributed by atoms with Crippen LogP contribution in [-0.2, 0) is 14.3 Å². The first-order chi connectivity index (χ1) is 8.99. The van der Waals surface area contributed by atoms with Crippen LogP contribution in [0.5, 0.6) is 0 Å². The van der Waals surface area contributed by atoms with Gasteiger partial charge in [0.15, 0.2) is 5.60 Å². The molecule has 1 saturated carbocycles. The summed E-state index contributed by atoms with van der Waals surface area (Å²) in [6, 6.07) is 0. The summed E-state index contributed by atoms with van der Waals surface area (Å²) in [5.74, 6) is 0.535. The molecule has 2 fully saturated rings. The minimum Gasteiger partial charge on any atom is -0.460 e. The third-order valence-corrected chi connectivity index (χ3v) is 4.85. The lowest BCUT2D eigenvalue weighted by atomic mass is 9.74. The van der Waals surface area contributed by atoms with Gasteiger partial charge in [0, 0.05) is 0 Å². The molecule has 3 heteroatoms. The predicted molar refractivity (Wildman–Crippen MR) is 74.9 cm³/mol. The van der Waals surface area contributed by atoms with Crippen LogP contribution in [0.25, 0.3) is 0 Å². The summed E-state index contributed by atoms with van der Waals surface area (Å²) in [5, 5.41) is 0. The third-order valence-electron chi connectivity index (χ3n) is 4.85. The van der Waals surface area contributed by atoms with Crippen LogP contribution < -0.4 is 0 Å². The SMILES string of the molecule is CCCC(C)OC(=O)C1(CC)OC12CCCC(C)C2. The number of epoxide rings is 1. The zero-order valence-corrected chi connectivity index (χ0v) is 12.8. The van der Waals surface area contributed by atoms with Crippen molar-refractivity contribution in [2.75, 3.05) is 0 Å². The van der Waals surface area contributed by atoms with E-state index in [0.29, 0.717) is 5.92 Å². The van der Waals surface area contributed by atoms with Crippen LogP contribution in [0.1, 0.15) is 72.6 Å². The van der Waals surface area contributed by atoms with Crippen molar-refractivity contribution in [1.82, 2.24) is 0 Å². The number of rotatable bonds is 5. The highest BCUT2D eigenvalue weighted by atomic mass is 16.7. The van der Waals surface area contributed by atoms with Crippen LogP contribution in [0, 0.1) is 5.92 Å². The fourth-order valence-electron chi connectivity index (χ4n) is 3.78. The van der Waals surface area contributed by atoms with E-state index in [-0.39, 0.29) is 17.7 Å². The molecule has 0 amide bonds. The second kappa shape index (κ2) is 5.43. The Morgan fingerprint density at radius 1 is 1.47 bits per heavy atom. The van der Waals surface area contributed by atoms with Gasteiger partial charge in [-0.05, 0) is 38.5 Å². The zero-order valence-electron chi connectivity index (χ0n) is 12.8. The van der Waals surface area contributed by atoms with Crippen LogP contribution in [-0.4, -0.2) is 23.3 Å². The van der Waals surface area contributed by atoms with Crippen LogP contribution in [0.2, 0.25) is 0 Å². The van der Waals surface area contributed by atoms with E-state index >= 15 is 0 Å². The smallest absolute Gasteiger partial charge is 0.341 e. The molecule has 3 nitrogen and oxygen atoms in total. The molecule has 1 spiro atoms. The summed E-state index contributed by atoms with van der Waals surface area (Å²) in [7, 11) is 0. The Balaban J connectivity index is 2.02. The summed E-state index contributed by atoms with van der Waals surface area (Å²) in [6.07, 6.45) is 7.15. The first kappa shape index (κ1) is 14.8. The summed E-state index contributed by atoms with van der Waals surface area (Å²) < 4.78 is 11.6. The van der Waals surface area contributed by atoms with Gasteiger partial charge >= 0.3 is 5.97 Å². The average molecular weight is 268 g/mol. The van der Waals surface area contributed by atoms with Gasteiger partial charge in [-0.25, -0.2) is 4.79 Å². The van der Waals surface area contributed by atoms with Crippen LogP contribution in [0.3, 0.4) is 0 Å². The molecule has 1 aliphatic carbocycles. The van der Waals surface area contributed by atoms with E-state index < -0.39 is 5.60 Å². The maximum absolute atomic E-state index is 12.5. The Morgan fingerprint density at radius 3 is 2.79 bits per heavy atom. The van der Waals surface area contributed by atoms with Crippen LogP contribution in [0.15, 0.2) is 0 Å². The quantitative estimate of drug-likeness (QED) is 0.561. The molecule has 4 atom stereocenters. The molecule has 110 valence electrons. The Bertz CT molecular complexity index is 341. The molecule has 0 aromatic carbocycles. The largest absolute Gasteiger partial charge is 0.460 e. The first-order valence-corrected chi connectivity index (χ1v) is 7.91. The Labute approximate surface area is 117 Å². The van der Waals surface area contributed by atoms with Crippen molar-refractivity contribution in [3.63, 3.8) is 0 Å². The molecular weight excluding hydrogens is 240 g/mol.